The molecule has 1 amide bonds. The molecule has 23 heavy (non-hydrogen) atoms. The van der Waals surface area contributed by atoms with Gasteiger partial charge in [0.05, 0.1) is 6.04 Å². The van der Waals surface area contributed by atoms with Gasteiger partial charge in [0.25, 0.3) is 0 Å². The second-order valence-electron chi connectivity index (χ2n) is 7.83. The Morgan fingerprint density at radius 3 is 2.78 bits per heavy atom. The number of primary amides is 1. The fourth-order valence-electron chi connectivity index (χ4n) is 4.56. The standard InChI is InChI=1S/C19H24N2O2/c1-11-16-17(22)14-6-5-13(18(20)23)9-15(14)19(11,2)7-8-21(16)10-12-3-4-12/h5-6,9,11-12,16H,3-4,7-8,10H2,1-2H3,(H2,20,23)/t11-,16?,19?/m0/s1. The molecule has 1 aromatic rings. The summed E-state index contributed by atoms with van der Waals surface area (Å²) in [5, 5.41) is 0. The van der Waals surface area contributed by atoms with E-state index in [2.05, 4.69) is 18.7 Å². The molecule has 1 aliphatic heterocycles. The maximum atomic E-state index is 13.1. The highest BCUT2D eigenvalue weighted by Crippen LogP contribution is 2.49. The second-order valence-corrected chi connectivity index (χ2v) is 7.83. The molecule has 2 fully saturated rings. The smallest absolute Gasteiger partial charge is 0.248 e. The minimum Gasteiger partial charge on any atom is -0.366 e. The summed E-state index contributed by atoms with van der Waals surface area (Å²) in [6, 6.07) is 5.36. The van der Waals surface area contributed by atoms with Crippen molar-refractivity contribution in [1.29, 1.82) is 0 Å². The lowest BCUT2D eigenvalue weighted by Crippen LogP contribution is -2.61. The molecule has 4 heteroatoms. The monoisotopic (exact) mass is 312 g/mol. The van der Waals surface area contributed by atoms with Gasteiger partial charge < -0.3 is 5.73 Å². The molecule has 0 spiro atoms. The van der Waals surface area contributed by atoms with Crippen LogP contribution in [0.2, 0.25) is 0 Å². The molecule has 1 heterocycles. The Morgan fingerprint density at radius 1 is 1.39 bits per heavy atom. The highest BCUT2D eigenvalue weighted by Gasteiger charge is 2.52. The molecule has 1 saturated heterocycles. The lowest BCUT2D eigenvalue weighted by atomic mass is 9.58. The van der Waals surface area contributed by atoms with Crippen molar-refractivity contribution in [1.82, 2.24) is 4.90 Å². The van der Waals surface area contributed by atoms with E-state index >= 15 is 0 Å². The topological polar surface area (TPSA) is 63.4 Å². The molecule has 1 saturated carbocycles. The highest BCUT2D eigenvalue weighted by atomic mass is 16.1. The molecule has 2 aliphatic carbocycles. The number of Topliss-reactive ketones (excluding diaryl/α,β-unsaturated/α-hetero) is 1. The number of piperidine rings is 1. The van der Waals surface area contributed by atoms with Gasteiger partial charge in [-0.1, -0.05) is 19.9 Å². The third kappa shape index (κ3) is 2.15. The van der Waals surface area contributed by atoms with E-state index in [-0.39, 0.29) is 23.2 Å². The first-order valence-electron chi connectivity index (χ1n) is 8.64. The van der Waals surface area contributed by atoms with Crippen molar-refractivity contribution in [3.05, 3.63) is 34.9 Å². The Labute approximate surface area is 137 Å². The number of nitrogens with zero attached hydrogens (tertiary/aromatic N) is 1. The lowest BCUT2D eigenvalue weighted by Gasteiger charge is -2.53. The molecule has 1 aromatic carbocycles. The third-order valence-electron chi connectivity index (χ3n) is 6.43. The molecular formula is C19H24N2O2. The number of carbonyl (C=O) groups excluding carboxylic acids is 2. The van der Waals surface area contributed by atoms with Gasteiger partial charge in [0, 0.05) is 17.7 Å². The average molecular weight is 312 g/mol. The summed E-state index contributed by atoms with van der Waals surface area (Å²) in [7, 11) is 0. The molecule has 2 N–H and O–H groups in total. The summed E-state index contributed by atoms with van der Waals surface area (Å²) in [5.41, 5.74) is 7.70. The largest absolute Gasteiger partial charge is 0.366 e. The van der Waals surface area contributed by atoms with Crippen molar-refractivity contribution in [3.63, 3.8) is 0 Å². The first-order chi connectivity index (χ1) is 10.9. The van der Waals surface area contributed by atoms with Gasteiger partial charge in [0.15, 0.2) is 5.78 Å². The van der Waals surface area contributed by atoms with Crippen molar-refractivity contribution < 1.29 is 9.59 Å². The molecule has 4 rings (SSSR count). The van der Waals surface area contributed by atoms with Gasteiger partial charge in [-0.05, 0) is 60.8 Å². The Bertz CT molecular complexity index is 695. The van der Waals surface area contributed by atoms with E-state index in [0.717, 1.165) is 36.6 Å². The molecule has 122 valence electrons. The minimum absolute atomic E-state index is 0.0127. The summed E-state index contributed by atoms with van der Waals surface area (Å²) in [6.45, 7) is 6.47. The van der Waals surface area contributed by atoms with E-state index in [9.17, 15) is 9.59 Å². The molecule has 2 unspecified atom stereocenters. The van der Waals surface area contributed by atoms with Gasteiger partial charge in [-0.15, -0.1) is 0 Å². The van der Waals surface area contributed by atoms with Crippen LogP contribution >= 0.6 is 0 Å². The van der Waals surface area contributed by atoms with E-state index in [1.807, 2.05) is 12.1 Å². The average Bonchev–Trinajstić information content (AvgIpc) is 3.33. The van der Waals surface area contributed by atoms with E-state index in [0.29, 0.717) is 5.56 Å². The van der Waals surface area contributed by atoms with Crippen molar-refractivity contribution in [3.8, 4) is 0 Å². The zero-order valence-electron chi connectivity index (χ0n) is 13.8. The number of fused-ring (bicyclic) bond motifs is 4. The predicted molar refractivity (Wildman–Crippen MR) is 88.5 cm³/mol. The highest BCUT2D eigenvalue weighted by molar-refractivity contribution is 6.05. The molecule has 3 aliphatic rings. The van der Waals surface area contributed by atoms with Crippen molar-refractivity contribution in [2.24, 2.45) is 17.6 Å². The van der Waals surface area contributed by atoms with Crippen molar-refractivity contribution in [2.75, 3.05) is 13.1 Å². The van der Waals surface area contributed by atoms with Crippen molar-refractivity contribution >= 4 is 11.7 Å². The fourth-order valence-corrected chi connectivity index (χ4v) is 4.56. The number of hydrogen-bond donors (Lipinski definition) is 1. The SMILES string of the molecule is C[C@H]1C2C(=O)c3ccc(C(N)=O)cc3C1(C)CCN2CC1CC1. The van der Waals surface area contributed by atoms with Gasteiger partial charge in [0.1, 0.15) is 0 Å². The predicted octanol–water partition coefficient (Wildman–Crippen LogP) is 2.36. The van der Waals surface area contributed by atoms with Gasteiger partial charge in [-0.2, -0.15) is 0 Å². The van der Waals surface area contributed by atoms with Crippen LogP contribution in [0.5, 0.6) is 0 Å². The lowest BCUT2D eigenvalue weighted by molar-refractivity contribution is 0.0265. The summed E-state index contributed by atoms with van der Waals surface area (Å²) in [6.07, 6.45) is 3.64. The van der Waals surface area contributed by atoms with Crippen LogP contribution in [-0.4, -0.2) is 35.7 Å². The third-order valence-corrected chi connectivity index (χ3v) is 6.43. The van der Waals surface area contributed by atoms with Gasteiger partial charge >= 0.3 is 0 Å². The molecule has 0 radical (unpaired) electrons. The first-order valence-corrected chi connectivity index (χ1v) is 8.64. The Kier molecular flexibility index (Phi) is 3.17. The normalized spacial score (nSPS) is 33.4. The summed E-state index contributed by atoms with van der Waals surface area (Å²) in [5.74, 6) is 0.849. The van der Waals surface area contributed by atoms with Crippen LogP contribution in [0.4, 0.5) is 0 Å². The number of benzene rings is 1. The number of ketones is 1. The van der Waals surface area contributed by atoms with Crippen LogP contribution in [0.3, 0.4) is 0 Å². The molecule has 0 aromatic heterocycles. The number of amides is 1. The summed E-state index contributed by atoms with van der Waals surface area (Å²) >= 11 is 0. The fraction of sp³-hybridized carbons (Fsp3) is 0.579. The maximum absolute atomic E-state index is 13.1. The number of likely N-dealkylation sites (tertiary alicyclic amines) is 1. The van der Waals surface area contributed by atoms with Crippen LogP contribution in [0.1, 0.15) is 59.4 Å². The van der Waals surface area contributed by atoms with Gasteiger partial charge in [-0.25, -0.2) is 0 Å². The van der Waals surface area contributed by atoms with E-state index < -0.39 is 5.91 Å². The van der Waals surface area contributed by atoms with Crippen LogP contribution < -0.4 is 5.73 Å². The molecule has 4 nitrogen and oxygen atoms in total. The first kappa shape index (κ1) is 14.9. The zero-order valence-corrected chi connectivity index (χ0v) is 13.8. The Balaban J connectivity index is 1.79. The zero-order chi connectivity index (χ0) is 16.4. The van der Waals surface area contributed by atoms with E-state index in [1.165, 1.54) is 12.8 Å². The van der Waals surface area contributed by atoms with Crippen LogP contribution in [0.15, 0.2) is 18.2 Å². The molecule has 3 atom stereocenters. The van der Waals surface area contributed by atoms with Crippen molar-refractivity contribution in [2.45, 2.75) is 44.6 Å². The minimum atomic E-state index is -0.426. The molecular weight excluding hydrogens is 288 g/mol. The van der Waals surface area contributed by atoms with Crippen LogP contribution in [0.25, 0.3) is 0 Å². The number of hydrogen-bond acceptors (Lipinski definition) is 3. The molecule has 2 bridgehead atoms. The van der Waals surface area contributed by atoms with Gasteiger partial charge in [-0.3, -0.25) is 14.5 Å². The maximum Gasteiger partial charge on any atom is 0.248 e. The second kappa shape index (κ2) is 4.91. The number of rotatable bonds is 3. The quantitative estimate of drug-likeness (QED) is 0.932. The van der Waals surface area contributed by atoms with E-state index in [4.69, 9.17) is 5.73 Å². The Hall–Kier alpha value is -1.68. The van der Waals surface area contributed by atoms with Crippen LogP contribution in [-0.2, 0) is 5.41 Å². The van der Waals surface area contributed by atoms with Crippen LogP contribution in [0, 0.1) is 11.8 Å². The summed E-state index contributed by atoms with van der Waals surface area (Å²) in [4.78, 5) is 27.1. The summed E-state index contributed by atoms with van der Waals surface area (Å²) < 4.78 is 0. The van der Waals surface area contributed by atoms with Gasteiger partial charge in [0.2, 0.25) is 5.91 Å². The Morgan fingerprint density at radius 2 is 2.13 bits per heavy atom. The number of carbonyl (C=O) groups is 2. The van der Waals surface area contributed by atoms with E-state index in [1.54, 1.807) is 6.07 Å². The number of nitrogens with two attached hydrogens (primary N) is 1.